The van der Waals surface area contributed by atoms with Crippen molar-refractivity contribution in [2.45, 2.75) is 13.2 Å². The van der Waals surface area contributed by atoms with Crippen molar-refractivity contribution >= 4 is 11.0 Å². The summed E-state index contributed by atoms with van der Waals surface area (Å²) in [5.74, 6) is 1.46. The van der Waals surface area contributed by atoms with Gasteiger partial charge in [0.05, 0.1) is 0 Å². The maximum Gasteiger partial charge on any atom is 0.197 e. The Bertz CT molecular complexity index is 1580. The molecule has 0 spiro atoms. The molecule has 0 bridgehead atoms. The third kappa shape index (κ3) is 5.79. The molecule has 1 heterocycles. The molecule has 0 aliphatic rings. The molecule has 0 aliphatic carbocycles. The van der Waals surface area contributed by atoms with Gasteiger partial charge in [0, 0.05) is 30.9 Å². The normalized spacial score (nSPS) is 10.9. The van der Waals surface area contributed by atoms with Gasteiger partial charge >= 0.3 is 0 Å². The van der Waals surface area contributed by atoms with Crippen LogP contribution in [0.4, 0.5) is 0 Å². The van der Waals surface area contributed by atoms with Gasteiger partial charge < -0.3 is 28.5 Å². The van der Waals surface area contributed by atoms with Gasteiger partial charge in [0.25, 0.3) is 0 Å². The summed E-state index contributed by atoms with van der Waals surface area (Å²) in [5.41, 5.74) is 2.45. The van der Waals surface area contributed by atoms with Crippen LogP contribution in [0.25, 0.3) is 22.3 Å². The summed E-state index contributed by atoms with van der Waals surface area (Å²) in [6, 6.07) is 29.3. The Morgan fingerprint density at radius 1 is 0.737 bits per heavy atom. The van der Waals surface area contributed by atoms with Crippen molar-refractivity contribution in [1.29, 1.82) is 0 Å². The van der Waals surface area contributed by atoms with Crippen LogP contribution in [0.3, 0.4) is 0 Å². The first-order valence-electron chi connectivity index (χ1n) is 12.0. The van der Waals surface area contributed by atoms with Crippen LogP contribution < -0.4 is 19.6 Å². The zero-order chi connectivity index (χ0) is 26.3. The molecule has 1 aromatic heterocycles. The van der Waals surface area contributed by atoms with E-state index in [0.29, 0.717) is 41.8 Å². The minimum absolute atomic E-state index is 0.0125. The lowest BCUT2D eigenvalue weighted by atomic mass is 10.1. The van der Waals surface area contributed by atoms with Crippen LogP contribution in [-0.4, -0.2) is 19.0 Å². The molecule has 5 rings (SSSR count). The number of fused-ring (bicyclic) bond motifs is 1. The first-order chi connectivity index (χ1) is 18.6. The number of rotatable bonds is 10. The van der Waals surface area contributed by atoms with E-state index in [0.717, 1.165) is 11.1 Å². The standard InChI is InChI=1S/C31H26O7/c1-34-20-37-24-15-25(32)31-26(33)17-28(38-30(31)16-24)23-12-13-27(35-18-21-8-4-2-5-9-21)29(14-23)36-19-22-10-6-3-7-11-22/h2-17,32H,18-20H2,1H3. The summed E-state index contributed by atoms with van der Waals surface area (Å²) in [4.78, 5) is 12.9. The summed E-state index contributed by atoms with van der Waals surface area (Å²) in [5, 5.41) is 10.5. The Morgan fingerprint density at radius 2 is 1.39 bits per heavy atom. The van der Waals surface area contributed by atoms with Crippen molar-refractivity contribution in [1.82, 2.24) is 0 Å². The van der Waals surface area contributed by atoms with Gasteiger partial charge in [-0.25, -0.2) is 0 Å². The highest BCUT2D eigenvalue weighted by atomic mass is 16.7. The molecule has 0 saturated heterocycles. The van der Waals surface area contributed by atoms with E-state index in [-0.39, 0.29) is 28.9 Å². The van der Waals surface area contributed by atoms with E-state index in [4.69, 9.17) is 23.4 Å². The fraction of sp³-hybridized carbons (Fsp3) is 0.129. The predicted molar refractivity (Wildman–Crippen MR) is 144 cm³/mol. The van der Waals surface area contributed by atoms with E-state index in [1.54, 1.807) is 24.3 Å². The van der Waals surface area contributed by atoms with Crippen LogP contribution in [-0.2, 0) is 18.0 Å². The van der Waals surface area contributed by atoms with E-state index in [1.807, 2.05) is 60.7 Å². The molecule has 0 unspecified atom stereocenters. The lowest BCUT2D eigenvalue weighted by Crippen LogP contribution is -2.03. The highest BCUT2D eigenvalue weighted by Crippen LogP contribution is 2.36. The van der Waals surface area contributed by atoms with Gasteiger partial charge in [0.2, 0.25) is 0 Å². The third-order valence-electron chi connectivity index (χ3n) is 5.83. The van der Waals surface area contributed by atoms with Crippen molar-refractivity contribution in [2.75, 3.05) is 13.9 Å². The molecule has 38 heavy (non-hydrogen) atoms. The molecule has 0 amide bonds. The lowest BCUT2D eigenvalue weighted by Gasteiger charge is -2.15. The van der Waals surface area contributed by atoms with Crippen molar-refractivity contribution in [2.24, 2.45) is 0 Å². The van der Waals surface area contributed by atoms with E-state index in [2.05, 4.69) is 0 Å². The number of aromatic hydroxyl groups is 1. The molecular formula is C31H26O7. The number of benzene rings is 4. The zero-order valence-electron chi connectivity index (χ0n) is 20.8. The number of methoxy groups -OCH3 is 1. The molecule has 0 radical (unpaired) electrons. The topological polar surface area (TPSA) is 87.4 Å². The second kappa shape index (κ2) is 11.5. The molecule has 4 aromatic carbocycles. The molecule has 0 atom stereocenters. The number of hydrogen-bond acceptors (Lipinski definition) is 7. The monoisotopic (exact) mass is 510 g/mol. The third-order valence-corrected chi connectivity index (χ3v) is 5.83. The summed E-state index contributed by atoms with van der Waals surface area (Å²) in [6.45, 7) is 0.694. The van der Waals surface area contributed by atoms with Crippen molar-refractivity contribution in [3.05, 3.63) is 118 Å². The number of ether oxygens (including phenoxy) is 4. The first kappa shape index (κ1) is 24.9. The van der Waals surface area contributed by atoms with E-state index in [9.17, 15) is 9.90 Å². The highest BCUT2D eigenvalue weighted by Gasteiger charge is 2.15. The minimum Gasteiger partial charge on any atom is -0.507 e. The smallest absolute Gasteiger partial charge is 0.197 e. The number of phenolic OH excluding ortho intramolecular Hbond substituents is 1. The second-order valence-corrected chi connectivity index (χ2v) is 8.55. The maximum absolute atomic E-state index is 12.9. The van der Waals surface area contributed by atoms with Crippen molar-refractivity contribution in [3.63, 3.8) is 0 Å². The Kier molecular flexibility index (Phi) is 7.57. The van der Waals surface area contributed by atoms with Crippen LogP contribution in [0.2, 0.25) is 0 Å². The van der Waals surface area contributed by atoms with Crippen LogP contribution in [0.1, 0.15) is 11.1 Å². The molecule has 7 nitrogen and oxygen atoms in total. The van der Waals surface area contributed by atoms with E-state index < -0.39 is 0 Å². The van der Waals surface area contributed by atoms with Crippen LogP contribution in [0, 0.1) is 0 Å². The molecule has 7 heteroatoms. The Labute approximate surface area is 219 Å². The maximum atomic E-state index is 12.9. The van der Waals surface area contributed by atoms with Gasteiger partial charge in [-0.3, -0.25) is 4.79 Å². The fourth-order valence-corrected chi connectivity index (χ4v) is 3.96. The average molecular weight is 511 g/mol. The van der Waals surface area contributed by atoms with Gasteiger partial charge in [-0.2, -0.15) is 0 Å². The molecule has 0 fully saturated rings. The Balaban J connectivity index is 1.50. The summed E-state index contributed by atoms with van der Waals surface area (Å²) in [6.07, 6.45) is 0. The Morgan fingerprint density at radius 3 is 2.05 bits per heavy atom. The largest absolute Gasteiger partial charge is 0.507 e. The van der Waals surface area contributed by atoms with E-state index in [1.165, 1.54) is 19.2 Å². The highest BCUT2D eigenvalue weighted by molar-refractivity contribution is 5.86. The van der Waals surface area contributed by atoms with Crippen LogP contribution >= 0.6 is 0 Å². The summed E-state index contributed by atoms with van der Waals surface area (Å²) >= 11 is 0. The number of phenols is 1. The van der Waals surface area contributed by atoms with E-state index >= 15 is 0 Å². The van der Waals surface area contributed by atoms with Crippen LogP contribution in [0.15, 0.2) is 106 Å². The predicted octanol–water partition coefficient (Wildman–Crippen LogP) is 6.31. The molecule has 0 saturated carbocycles. The van der Waals surface area contributed by atoms with Gasteiger partial charge in [0.15, 0.2) is 23.7 Å². The van der Waals surface area contributed by atoms with Gasteiger partial charge in [-0.15, -0.1) is 0 Å². The zero-order valence-corrected chi connectivity index (χ0v) is 20.8. The first-order valence-corrected chi connectivity index (χ1v) is 12.0. The number of hydrogen-bond donors (Lipinski definition) is 1. The Hall–Kier alpha value is -4.75. The molecule has 0 aliphatic heterocycles. The van der Waals surface area contributed by atoms with Crippen molar-refractivity contribution < 1.29 is 28.5 Å². The lowest BCUT2D eigenvalue weighted by molar-refractivity contribution is 0.0510. The molecule has 5 aromatic rings. The quantitative estimate of drug-likeness (QED) is 0.220. The van der Waals surface area contributed by atoms with Crippen molar-refractivity contribution in [3.8, 4) is 34.3 Å². The average Bonchev–Trinajstić information content (AvgIpc) is 2.94. The minimum atomic E-state index is -0.381. The molecule has 1 N–H and O–H groups in total. The second-order valence-electron chi connectivity index (χ2n) is 8.55. The molecular weight excluding hydrogens is 484 g/mol. The summed E-state index contributed by atoms with van der Waals surface area (Å²) < 4.78 is 28.6. The fourth-order valence-electron chi connectivity index (χ4n) is 3.96. The van der Waals surface area contributed by atoms with Gasteiger partial charge in [0.1, 0.15) is 41.4 Å². The summed E-state index contributed by atoms with van der Waals surface area (Å²) in [7, 11) is 1.49. The van der Waals surface area contributed by atoms with Gasteiger partial charge in [-0.05, 0) is 29.3 Å². The van der Waals surface area contributed by atoms with Crippen LogP contribution in [0.5, 0.6) is 23.0 Å². The SMILES string of the molecule is COCOc1cc(O)c2c(=O)cc(-c3ccc(OCc4ccccc4)c(OCc4ccccc4)c3)oc2c1. The molecule has 192 valence electrons. The van der Waals surface area contributed by atoms with Gasteiger partial charge in [-0.1, -0.05) is 60.7 Å².